The SMILES string of the molecule is CC(=O)[C@H](O)[C@@H](O)[C@H]1COC(C)(C)O1. The highest BCUT2D eigenvalue weighted by molar-refractivity contribution is 5.80. The summed E-state index contributed by atoms with van der Waals surface area (Å²) in [6.45, 7) is 4.81. The van der Waals surface area contributed by atoms with E-state index in [4.69, 9.17) is 9.47 Å². The van der Waals surface area contributed by atoms with Crippen LogP contribution in [0.25, 0.3) is 0 Å². The topological polar surface area (TPSA) is 76.0 Å². The third kappa shape index (κ3) is 2.51. The van der Waals surface area contributed by atoms with Gasteiger partial charge >= 0.3 is 0 Å². The van der Waals surface area contributed by atoms with Crippen molar-refractivity contribution in [2.45, 2.75) is 44.9 Å². The third-order valence-electron chi connectivity index (χ3n) is 2.15. The van der Waals surface area contributed by atoms with Crippen molar-refractivity contribution < 1.29 is 24.5 Å². The second-order valence-electron chi connectivity index (χ2n) is 3.91. The van der Waals surface area contributed by atoms with Crippen molar-refractivity contribution in [1.82, 2.24) is 0 Å². The number of hydrogen-bond acceptors (Lipinski definition) is 5. The summed E-state index contributed by atoms with van der Waals surface area (Å²) in [5.41, 5.74) is 0. The molecule has 0 saturated carbocycles. The van der Waals surface area contributed by atoms with E-state index in [1.54, 1.807) is 13.8 Å². The minimum absolute atomic E-state index is 0.179. The molecular formula is C9H16O5. The van der Waals surface area contributed by atoms with Gasteiger partial charge in [-0.2, -0.15) is 0 Å². The summed E-state index contributed by atoms with van der Waals surface area (Å²) in [6.07, 6.45) is -3.28. The molecule has 0 aromatic rings. The Hall–Kier alpha value is -0.490. The molecule has 0 aromatic heterocycles. The quantitative estimate of drug-likeness (QED) is 0.645. The fourth-order valence-corrected chi connectivity index (χ4v) is 1.33. The number of carbonyl (C=O) groups is 1. The first kappa shape index (κ1) is 11.6. The molecule has 0 aromatic carbocycles. The van der Waals surface area contributed by atoms with Crippen LogP contribution in [0.5, 0.6) is 0 Å². The van der Waals surface area contributed by atoms with E-state index in [0.717, 1.165) is 0 Å². The Morgan fingerprint density at radius 2 is 2.07 bits per heavy atom. The van der Waals surface area contributed by atoms with Crippen LogP contribution in [0.4, 0.5) is 0 Å². The van der Waals surface area contributed by atoms with Gasteiger partial charge < -0.3 is 19.7 Å². The van der Waals surface area contributed by atoms with Crippen molar-refractivity contribution in [3.05, 3.63) is 0 Å². The van der Waals surface area contributed by atoms with E-state index >= 15 is 0 Å². The standard InChI is InChI=1S/C9H16O5/c1-5(10)7(11)8(12)6-4-13-9(2,3)14-6/h6-8,11-12H,4H2,1-3H3/t6-,7+,8+/m1/s1. The molecule has 5 nitrogen and oxygen atoms in total. The van der Waals surface area contributed by atoms with E-state index in [1.807, 2.05) is 0 Å². The molecule has 0 aliphatic carbocycles. The van der Waals surface area contributed by atoms with Crippen LogP contribution in [0.1, 0.15) is 20.8 Å². The monoisotopic (exact) mass is 204 g/mol. The van der Waals surface area contributed by atoms with Crippen LogP contribution in [-0.2, 0) is 14.3 Å². The Balaban J connectivity index is 2.55. The average Bonchev–Trinajstić information content (AvgIpc) is 2.43. The van der Waals surface area contributed by atoms with Crippen molar-refractivity contribution in [1.29, 1.82) is 0 Å². The normalized spacial score (nSPS) is 29.9. The number of hydrogen-bond donors (Lipinski definition) is 2. The maximum atomic E-state index is 10.8. The molecule has 0 unspecified atom stereocenters. The first-order chi connectivity index (χ1) is 6.33. The Kier molecular flexibility index (Phi) is 3.26. The van der Waals surface area contributed by atoms with Crippen LogP contribution in [-0.4, -0.2) is 46.7 Å². The summed E-state index contributed by atoms with van der Waals surface area (Å²) in [7, 11) is 0. The predicted molar refractivity (Wildman–Crippen MR) is 47.6 cm³/mol. The van der Waals surface area contributed by atoms with Gasteiger partial charge in [-0.15, -0.1) is 0 Å². The summed E-state index contributed by atoms with van der Waals surface area (Å²) in [5.74, 6) is -1.24. The highest BCUT2D eigenvalue weighted by atomic mass is 16.7. The molecule has 82 valence electrons. The maximum Gasteiger partial charge on any atom is 0.163 e. The molecular weight excluding hydrogens is 188 g/mol. The molecule has 2 N–H and O–H groups in total. The molecule has 1 aliphatic rings. The second-order valence-corrected chi connectivity index (χ2v) is 3.91. The Bertz CT molecular complexity index is 225. The number of aliphatic hydroxyl groups is 2. The van der Waals surface area contributed by atoms with Crippen LogP contribution in [0, 0.1) is 0 Å². The Morgan fingerprint density at radius 3 is 2.43 bits per heavy atom. The molecule has 1 heterocycles. The van der Waals surface area contributed by atoms with Gasteiger partial charge in [0.25, 0.3) is 0 Å². The smallest absolute Gasteiger partial charge is 0.163 e. The lowest BCUT2D eigenvalue weighted by molar-refractivity contribution is -0.164. The lowest BCUT2D eigenvalue weighted by atomic mass is 10.1. The van der Waals surface area contributed by atoms with Crippen molar-refractivity contribution in [3.8, 4) is 0 Å². The van der Waals surface area contributed by atoms with Crippen molar-refractivity contribution in [3.63, 3.8) is 0 Å². The molecule has 5 heteroatoms. The minimum atomic E-state index is -1.41. The lowest BCUT2D eigenvalue weighted by Crippen LogP contribution is -2.43. The molecule has 1 aliphatic heterocycles. The predicted octanol–water partition coefficient (Wildman–Crippen LogP) is -0.551. The fourth-order valence-electron chi connectivity index (χ4n) is 1.33. The summed E-state index contributed by atoms with van der Waals surface area (Å²) < 4.78 is 10.5. The number of carbonyl (C=O) groups excluding carboxylic acids is 1. The van der Waals surface area contributed by atoms with Crippen molar-refractivity contribution in [2.75, 3.05) is 6.61 Å². The maximum absolute atomic E-state index is 10.8. The van der Waals surface area contributed by atoms with Crippen LogP contribution in [0.15, 0.2) is 0 Å². The van der Waals surface area contributed by atoms with E-state index in [1.165, 1.54) is 6.92 Å². The number of rotatable bonds is 3. The van der Waals surface area contributed by atoms with Gasteiger partial charge in [0.1, 0.15) is 18.3 Å². The first-order valence-electron chi connectivity index (χ1n) is 4.52. The van der Waals surface area contributed by atoms with Crippen molar-refractivity contribution >= 4 is 5.78 Å². The van der Waals surface area contributed by atoms with E-state index in [0.29, 0.717) is 0 Å². The number of aliphatic hydroxyl groups excluding tert-OH is 2. The molecule has 3 atom stereocenters. The first-order valence-corrected chi connectivity index (χ1v) is 4.52. The van der Waals surface area contributed by atoms with E-state index < -0.39 is 29.9 Å². The van der Waals surface area contributed by atoms with Crippen LogP contribution in [0.3, 0.4) is 0 Å². The molecule has 0 bridgehead atoms. The molecule has 0 amide bonds. The molecule has 1 rings (SSSR count). The molecule has 14 heavy (non-hydrogen) atoms. The van der Waals surface area contributed by atoms with Gasteiger partial charge in [0, 0.05) is 0 Å². The van der Waals surface area contributed by atoms with E-state index in [9.17, 15) is 15.0 Å². The molecule has 0 radical (unpaired) electrons. The zero-order chi connectivity index (χ0) is 10.9. The van der Waals surface area contributed by atoms with Gasteiger partial charge in [-0.25, -0.2) is 0 Å². The van der Waals surface area contributed by atoms with E-state index in [-0.39, 0.29) is 6.61 Å². The minimum Gasteiger partial charge on any atom is -0.387 e. The zero-order valence-corrected chi connectivity index (χ0v) is 8.56. The largest absolute Gasteiger partial charge is 0.387 e. The fraction of sp³-hybridized carbons (Fsp3) is 0.889. The molecule has 0 spiro atoms. The number of ether oxygens (including phenoxy) is 2. The summed E-state index contributed by atoms with van der Waals surface area (Å²) in [4.78, 5) is 10.8. The van der Waals surface area contributed by atoms with Gasteiger partial charge in [-0.3, -0.25) is 4.79 Å². The highest BCUT2D eigenvalue weighted by Crippen LogP contribution is 2.25. The van der Waals surface area contributed by atoms with Gasteiger partial charge in [0.05, 0.1) is 6.61 Å². The van der Waals surface area contributed by atoms with Gasteiger partial charge in [0.2, 0.25) is 0 Å². The lowest BCUT2D eigenvalue weighted by Gasteiger charge is -2.22. The third-order valence-corrected chi connectivity index (χ3v) is 2.15. The summed E-state index contributed by atoms with van der Waals surface area (Å²) >= 11 is 0. The highest BCUT2D eigenvalue weighted by Gasteiger charge is 2.40. The number of Topliss-reactive ketones (excluding diaryl/α,β-unsaturated/α-hetero) is 1. The summed E-state index contributed by atoms with van der Waals surface area (Å²) in [5, 5.41) is 18.8. The van der Waals surface area contributed by atoms with Crippen LogP contribution in [0.2, 0.25) is 0 Å². The second kappa shape index (κ2) is 3.94. The van der Waals surface area contributed by atoms with Crippen molar-refractivity contribution in [2.24, 2.45) is 0 Å². The van der Waals surface area contributed by atoms with Gasteiger partial charge in [-0.05, 0) is 20.8 Å². The molecule has 1 fully saturated rings. The van der Waals surface area contributed by atoms with E-state index in [2.05, 4.69) is 0 Å². The van der Waals surface area contributed by atoms with Crippen LogP contribution >= 0.6 is 0 Å². The van der Waals surface area contributed by atoms with Crippen LogP contribution < -0.4 is 0 Å². The summed E-state index contributed by atoms with van der Waals surface area (Å²) in [6, 6.07) is 0. The van der Waals surface area contributed by atoms with Gasteiger partial charge in [0.15, 0.2) is 11.6 Å². The molecule has 1 saturated heterocycles. The average molecular weight is 204 g/mol. The Labute approximate surface area is 82.6 Å². The zero-order valence-electron chi connectivity index (χ0n) is 8.56. The number of ketones is 1. The Morgan fingerprint density at radius 1 is 1.50 bits per heavy atom. The van der Waals surface area contributed by atoms with Gasteiger partial charge in [-0.1, -0.05) is 0 Å².